The molecule has 0 aromatic heterocycles. The van der Waals surface area contributed by atoms with Crippen LogP contribution < -0.4 is 0 Å². The van der Waals surface area contributed by atoms with Crippen LogP contribution in [-0.4, -0.2) is 51.4 Å². The molecule has 36 heavy (non-hydrogen) atoms. The molecule has 4 N–H and O–H groups in total. The van der Waals surface area contributed by atoms with E-state index in [0.29, 0.717) is 23.0 Å². The lowest BCUT2D eigenvalue weighted by molar-refractivity contribution is -0.131. The molecule has 0 unspecified atom stereocenters. The maximum atomic E-state index is 11.3. The Bertz CT molecular complexity index is 939. The number of benzene rings is 2. The van der Waals surface area contributed by atoms with Crippen molar-refractivity contribution < 1.29 is 34.8 Å². The molecule has 7 nitrogen and oxygen atoms in total. The smallest absolute Gasteiger partial charge is 0.377 e. The summed E-state index contributed by atoms with van der Waals surface area (Å²) in [5.41, 5.74) is 2.84. The van der Waals surface area contributed by atoms with Crippen LogP contribution in [0.15, 0.2) is 42.5 Å². The van der Waals surface area contributed by atoms with Gasteiger partial charge in [-0.25, -0.2) is 9.59 Å². The van der Waals surface area contributed by atoms with Crippen LogP contribution in [0.25, 0.3) is 0 Å². The van der Waals surface area contributed by atoms with Crippen LogP contribution in [0.4, 0.5) is 0 Å². The summed E-state index contributed by atoms with van der Waals surface area (Å²) in [5, 5.41) is 35.6. The molecular weight excluding hydrogens is 460 g/mol. The SMILES string of the molecule is CC(C)CC(CO)(CO)CC(C)C.Cc1cc(C)c(C(=O)C(=O)O)c(C)c1.O=C(O)c1ccccc1. The fraction of sp³-hybridized carbons (Fsp3) is 0.483. The second-order valence-corrected chi connectivity index (χ2v) is 10.1. The minimum atomic E-state index is -1.40. The number of aromatic carboxylic acids is 1. The van der Waals surface area contributed by atoms with E-state index in [1.807, 2.05) is 19.1 Å². The van der Waals surface area contributed by atoms with Gasteiger partial charge in [0.25, 0.3) is 5.78 Å². The first-order chi connectivity index (χ1) is 16.7. The van der Waals surface area contributed by atoms with Gasteiger partial charge in [-0.2, -0.15) is 0 Å². The number of hydrogen-bond donors (Lipinski definition) is 4. The van der Waals surface area contributed by atoms with Crippen molar-refractivity contribution in [3.8, 4) is 0 Å². The maximum Gasteiger partial charge on any atom is 0.377 e. The highest BCUT2D eigenvalue weighted by molar-refractivity contribution is 6.40. The highest BCUT2D eigenvalue weighted by atomic mass is 16.4. The molecule has 0 spiro atoms. The Hall–Kier alpha value is -3.03. The lowest BCUT2D eigenvalue weighted by Gasteiger charge is -2.33. The van der Waals surface area contributed by atoms with Crippen molar-refractivity contribution in [3.63, 3.8) is 0 Å². The summed E-state index contributed by atoms with van der Waals surface area (Å²) in [7, 11) is 0. The quantitative estimate of drug-likeness (QED) is 0.270. The van der Waals surface area contributed by atoms with Crippen LogP contribution in [0.2, 0.25) is 0 Å². The maximum absolute atomic E-state index is 11.3. The number of carboxylic acid groups (broad SMARTS) is 2. The molecule has 200 valence electrons. The highest BCUT2D eigenvalue weighted by Gasteiger charge is 2.30. The fourth-order valence-electron chi connectivity index (χ4n) is 4.35. The van der Waals surface area contributed by atoms with E-state index in [9.17, 15) is 24.6 Å². The van der Waals surface area contributed by atoms with E-state index in [2.05, 4.69) is 27.7 Å². The minimum absolute atomic E-state index is 0.0971. The van der Waals surface area contributed by atoms with Crippen molar-refractivity contribution in [2.24, 2.45) is 17.3 Å². The number of hydrogen-bond acceptors (Lipinski definition) is 5. The van der Waals surface area contributed by atoms with Gasteiger partial charge < -0.3 is 20.4 Å². The number of carbonyl (C=O) groups is 3. The summed E-state index contributed by atoms with van der Waals surface area (Å²) in [6, 6.07) is 11.9. The number of Topliss-reactive ketones (excluding diaryl/α,β-unsaturated/α-hetero) is 1. The number of carboxylic acids is 2. The molecule has 2 aromatic rings. The van der Waals surface area contributed by atoms with Crippen LogP contribution in [0.3, 0.4) is 0 Å². The standard InChI is InChI=1S/C11H12O3.C11H24O2.C7H6O2/c1-6-4-7(2)9(8(3)5-6)10(12)11(13)14;1-9(2)5-11(7-12,8-13)6-10(3)4;8-7(9)6-4-2-1-3-5-6/h4-5H,1-3H3,(H,13,14);9-10,12-13H,5-8H2,1-4H3;1-5H,(H,8,9). The van der Waals surface area contributed by atoms with Gasteiger partial charge >= 0.3 is 11.9 Å². The van der Waals surface area contributed by atoms with E-state index in [1.165, 1.54) is 0 Å². The van der Waals surface area contributed by atoms with Crippen molar-refractivity contribution in [1.29, 1.82) is 0 Å². The van der Waals surface area contributed by atoms with Gasteiger partial charge in [-0.3, -0.25) is 4.79 Å². The third-order valence-corrected chi connectivity index (χ3v) is 5.47. The molecule has 7 heteroatoms. The van der Waals surface area contributed by atoms with Gasteiger partial charge in [0.15, 0.2) is 0 Å². The third-order valence-electron chi connectivity index (χ3n) is 5.47. The van der Waals surface area contributed by atoms with Gasteiger partial charge in [-0.05, 0) is 68.7 Å². The number of aliphatic hydroxyl groups excluding tert-OH is 2. The van der Waals surface area contributed by atoms with E-state index >= 15 is 0 Å². The van der Waals surface area contributed by atoms with E-state index in [1.54, 1.807) is 44.2 Å². The van der Waals surface area contributed by atoms with E-state index in [0.717, 1.165) is 29.5 Å². The second-order valence-electron chi connectivity index (χ2n) is 10.1. The summed E-state index contributed by atoms with van der Waals surface area (Å²) >= 11 is 0. The molecule has 0 amide bonds. The van der Waals surface area contributed by atoms with E-state index in [-0.39, 0.29) is 18.6 Å². The topological polar surface area (TPSA) is 132 Å². The normalized spacial score (nSPS) is 10.8. The molecule has 0 aliphatic heterocycles. The Morgan fingerprint density at radius 1 is 0.778 bits per heavy atom. The molecule has 0 aliphatic carbocycles. The first kappa shape index (κ1) is 33.0. The Kier molecular flexibility index (Phi) is 14.5. The highest BCUT2D eigenvalue weighted by Crippen LogP contribution is 2.32. The predicted octanol–water partition coefficient (Wildman–Crippen LogP) is 5.31. The molecule has 0 saturated carbocycles. The Morgan fingerprint density at radius 3 is 1.47 bits per heavy atom. The lowest BCUT2D eigenvalue weighted by Crippen LogP contribution is -2.33. The Morgan fingerprint density at radius 2 is 1.19 bits per heavy atom. The van der Waals surface area contributed by atoms with Gasteiger partial charge in [0, 0.05) is 11.0 Å². The van der Waals surface area contributed by atoms with E-state index < -0.39 is 17.7 Å². The van der Waals surface area contributed by atoms with Crippen molar-refractivity contribution in [2.45, 2.75) is 61.3 Å². The average Bonchev–Trinajstić information content (AvgIpc) is 2.78. The summed E-state index contributed by atoms with van der Waals surface area (Å²) in [6.07, 6.45) is 1.80. The number of carbonyl (C=O) groups excluding carboxylic acids is 1. The molecule has 0 saturated heterocycles. The zero-order valence-corrected chi connectivity index (χ0v) is 22.5. The number of aliphatic hydroxyl groups is 2. The summed E-state index contributed by atoms with van der Waals surface area (Å²) in [5.74, 6) is -2.06. The van der Waals surface area contributed by atoms with Gasteiger partial charge in [0.05, 0.1) is 18.8 Å². The molecule has 2 rings (SSSR count). The lowest BCUT2D eigenvalue weighted by atomic mass is 9.75. The molecule has 0 bridgehead atoms. The molecule has 0 aliphatic rings. The molecule has 2 aromatic carbocycles. The largest absolute Gasteiger partial charge is 0.478 e. The van der Waals surface area contributed by atoms with Gasteiger partial charge in [-0.1, -0.05) is 63.6 Å². The van der Waals surface area contributed by atoms with Crippen molar-refractivity contribution in [3.05, 3.63) is 70.3 Å². The van der Waals surface area contributed by atoms with Gasteiger partial charge in [0.1, 0.15) is 0 Å². The van der Waals surface area contributed by atoms with Crippen LogP contribution in [0.1, 0.15) is 77.9 Å². The average molecular weight is 503 g/mol. The van der Waals surface area contributed by atoms with Gasteiger partial charge in [0.2, 0.25) is 0 Å². The Balaban J connectivity index is 0.000000522. The number of aryl methyl sites for hydroxylation is 3. The summed E-state index contributed by atoms with van der Waals surface area (Å²) < 4.78 is 0. The minimum Gasteiger partial charge on any atom is -0.478 e. The summed E-state index contributed by atoms with van der Waals surface area (Å²) in [4.78, 5) is 32.0. The molecule has 0 fully saturated rings. The first-order valence-electron chi connectivity index (χ1n) is 12.0. The van der Waals surface area contributed by atoms with Crippen molar-refractivity contribution in [2.75, 3.05) is 13.2 Å². The predicted molar refractivity (Wildman–Crippen MR) is 142 cm³/mol. The second kappa shape index (κ2) is 15.9. The molecular formula is C29H42O7. The Labute approximate surface area is 214 Å². The molecule has 0 radical (unpaired) electrons. The fourth-order valence-corrected chi connectivity index (χ4v) is 4.35. The first-order valence-corrected chi connectivity index (χ1v) is 12.0. The van der Waals surface area contributed by atoms with Crippen molar-refractivity contribution in [1.82, 2.24) is 0 Å². The zero-order valence-electron chi connectivity index (χ0n) is 22.5. The van der Waals surface area contributed by atoms with Gasteiger partial charge in [-0.15, -0.1) is 0 Å². The summed E-state index contributed by atoms with van der Waals surface area (Å²) in [6.45, 7) is 14.1. The zero-order chi connectivity index (χ0) is 28.1. The van der Waals surface area contributed by atoms with Crippen LogP contribution in [0, 0.1) is 38.0 Å². The number of aliphatic carboxylic acids is 1. The van der Waals surface area contributed by atoms with Crippen LogP contribution in [-0.2, 0) is 4.79 Å². The van der Waals surface area contributed by atoms with Crippen molar-refractivity contribution >= 4 is 17.7 Å². The van der Waals surface area contributed by atoms with Crippen LogP contribution in [0.5, 0.6) is 0 Å². The third kappa shape index (κ3) is 11.6. The number of ketones is 1. The monoisotopic (exact) mass is 502 g/mol. The molecule has 0 heterocycles. The number of rotatable bonds is 9. The van der Waals surface area contributed by atoms with Crippen LogP contribution >= 0.6 is 0 Å². The van der Waals surface area contributed by atoms with E-state index in [4.69, 9.17) is 10.2 Å². The molecule has 0 atom stereocenters.